The minimum absolute atomic E-state index is 0.205. The zero-order valence-corrected chi connectivity index (χ0v) is 12.0. The highest BCUT2D eigenvalue weighted by atomic mass is 35.5. The number of carbonyl (C=O) groups excluding carboxylic acids is 1. The highest BCUT2D eigenvalue weighted by molar-refractivity contribution is 7.20. The molecule has 5 heteroatoms. The molecule has 0 bridgehead atoms. The van der Waals surface area contributed by atoms with E-state index in [1.807, 2.05) is 31.2 Å². The summed E-state index contributed by atoms with van der Waals surface area (Å²) in [5.74, 6) is -0.205. The summed E-state index contributed by atoms with van der Waals surface area (Å²) < 4.78 is 0.932. The predicted molar refractivity (Wildman–Crippen MR) is 76.7 cm³/mol. The van der Waals surface area contributed by atoms with E-state index in [9.17, 15) is 4.79 Å². The number of amides is 1. The Morgan fingerprint density at radius 1 is 1.28 bits per heavy atom. The summed E-state index contributed by atoms with van der Waals surface area (Å²) in [6, 6.07) is 9.57. The number of aryl methyl sites for hydroxylation is 1. The summed E-state index contributed by atoms with van der Waals surface area (Å²) in [4.78, 5) is 11.9. The Morgan fingerprint density at radius 2 is 1.94 bits per heavy atom. The fourth-order valence-electron chi connectivity index (χ4n) is 1.48. The molecule has 2 nitrogen and oxygen atoms in total. The summed E-state index contributed by atoms with van der Waals surface area (Å²) >= 11 is 12.9. The molecule has 1 aromatic carbocycles. The van der Waals surface area contributed by atoms with Crippen molar-refractivity contribution in [3.05, 3.63) is 55.7 Å². The number of thiophene rings is 1. The largest absolute Gasteiger partial charge is 0.348 e. The molecule has 0 aliphatic rings. The number of carbonyl (C=O) groups is 1. The van der Waals surface area contributed by atoms with Gasteiger partial charge in [-0.05, 0) is 18.6 Å². The molecule has 2 aromatic rings. The van der Waals surface area contributed by atoms with Crippen LogP contribution in [0.2, 0.25) is 8.67 Å². The number of rotatable bonds is 3. The SMILES string of the molecule is Cc1ccc(CNC(=O)c2cc(Cl)sc2Cl)cc1. The van der Waals surface area contributed by atoms with Crippen LogP contribution in [0.3, 0.4) is 0 Å². The van der Waals surface area contributed by atoms with Crippen molar-refractivity contribution in [1.82, 2.24) is 5.32 Å². The van der Waals surface area contributed by atoms with Crippen molar-refractivity contribution in [2.45, 2.75) is 13.5 Å². The van der Waals surface area contributed by atoms with Crippen LogP contribution >= 0.6 is 34.5 Å². The van der Waals surface area contributed by atoms with Crippen molar-refractivity contribution in [3.63, 3.8) is 0 Å². The van der Waals surface area contributed by atoms with E-state index in [2.05, 4.69) is 5.32 Å². The Balaban J connectivity index is 2.00. The summed E-state index contributed by atoms with van der Waals surface area (Å²) in [6.07, 6.45) is 0. The van der Waals surface area contributed by atoms with Gasteiger partial charge in [0, 0.05) is 6.54 Å². The average molecular weight is 300 g/mol. The highest BCUT2D eigenvalue weighted by Crippen LogP contribution is 2.30. The minimum atomic E-state index is -0.205. The Labute approximate surface area is 120 Å². The van der Waals surface area contributed by atoms with Crippen LogP contribution in [0.25, 0.3) is 0 Å². The lowest BCUT2D eigenvalue weighted by Gasteiger charge is -2.04. The Morgan fingerprint density at radius 3 is 2.50 bits per heavy atom. The molecule has 0 aliphatic carbocycles. The first kappa shape index (κ1) is 13.4. The fraction of sp³-hybridized carbons (Fsp3) is 0.154. The molecule has 0 saturated carbocycles. The van der Waals surface area contributed by atoms with Gasteiger partial charge in [0.2, 0.25) is 0 Å². The van der Waals surface area contributed by atoms with Gasteiger partial charge in [0.05, 0.1) is 9.90 Å². The van der Waals surface area contributed by atoms with E-state index in [1.165, 1.54) is 16.9 Å². The number of hydrogen-bond donors (Lipinski definition) is 1. The summed E-state index contributed by atoms with van der Waals surface area (Å²) in [5, 5.41) is 2.81. The van der Waals surface area contributed by atoms with Crippen molar-refractivity contribution < 1.29 is 4.79 Å². The first-order valence-corrected chi connectivity index (χ1v) is 6.92. The zero-order chi connectivity index (χ0) is 13.1. The number of nitrogens with one attached hydrogen (secondary N) is 1. The molecule has 1 amide bonds. The van der Waals surface area contributed by atoms with Gasteiger partial charge >= 0.3 is 0 Å². The molecule has 0 fully saturated rings. The van der Waals surface area contributed by atoms with Gasteiger partial charge in [-0.2, -0.15) is 0 Å². The second-order valence-corrected chi connectivity index (χ2v) is 6.19. The van der Waals surface area contributed by atoms with Crippen LogP contribution < -0.4 is 5.32 Å². The molecule has 94 valence electrons. The minimum Gasteiger partial charge on any atom is -0.348 e. The number of benzene rings is 1. The molecule has 0 atom stereocenters. The molecule has 0 radical (unpaired) electrons. The first-order valence-electron chi connectivity index (χ1n) is 5.35. The molecule has 18 heavy (non-hydrogen) atoms. The molecule has 0 aliphatic heterocycles. The second kappa shape index (κ2) is 5.74. The first-order chi connectivity index (χ1) is 8.56. The van der Waals surface area contributed by atoms with Crippen LogP contribution in [0.15, 0.2) is 30.3 Å². The van der Waals surface area contributed by atoms with Gasteiger partial charge in [-0.15, -0.1) is 11.3 Å². The normalized spacial score (nSPS) is 10.4. The third kappa shape index (κ3) is 3.25. The summed E-state index contributed by atoms with van der Waals surface area (Å²) in [6.45, 7) is 2.50. The van der Waals surface area contributed by atoms with E-state index in [4.69, 9.17) is 23.2 Å². The van der Waals surface area contributed by atoms with Gasteiger partial charge in [-0.1, -0.05) is 53.0 Å². The molecule has 1 N–H and O–H groups in total. The molecule has 1 aromatic heterocycles. The third-order valence-electron chi connectivity index (χ3n) is 2.47. The van der Waals surface area contributed by atoms with E-state index >= 15 is 0 Å². The van der Waals surface area contributed by atoms with Crippen LogP contribution in [0.1, 0.15) is 21.5 Å². The van der Waals surface area contributed by atoms with E-state index in [0.29, 0.717) is 20.8 Å². The van der Waals surface area contributed by atoms with Crippen LogP contribution in [0.5, 0.6) is 0 Å². The van der Waals surface area contributed by atoms with Crippen LogP contribution in [0, 0.1) is 6.92 Å². The lowest BCUT2D eigenvalue weighted by Crippen LogP contribution is -2.22. The van der Waals surface area contributed by atoms with Crippen LogP contribution in [0.4, 0.5) is 0 Å². The molecule has 2 rings (SSSR count). The van der Waals surface area contributed by atoms with Crippen LogP contribution in [-0.4, -0.2) is 5.91 Å². The topological polar surface area (TPSA) is 29.1 Å². The van der Waals surface area contributed by atoms with Gasteiger partial charge in [-0.3, -0.25) is 4.79 Å². The van der Waals surface area contributed by atoms with Gasteiger partial charge in [0.15, 0.2) is 0 Å². The maximum atomic E-state index is 11.9. The monoisotopic (exact) mass is 299 g/mol. The smallest absolute Gasteiger partial charge is 0.253 e. The van der Waals surface area contributed by atoms with Gasteiger partial charge in [0.25, 0.3) is 5.91 Å². The molecular weight excluding hydrogens is 289 g/mol. The number of halogens is 2. The third-order valence-corrected chi connectivity index (χ3v) is 3.96. The standard InChI is InChI=1S/C13H11Cl2NOS/c1-8-2-4-9(5-3-8)7-16-13(17)10-6-11(14)18-12(10)15/h2-6H,7H2,1H3,(H,16,17). The highest BCUT2D eigenvalue weighted by Gasteiger charge is 2.13. The molecular formula is C13H11Cl2NOS. The quantitative estimate of drug-likeness (QED) is 0.900. The van der Waals surface area contributed by atoms with Gasteiger partial charge in [-0.25, -0.2) is 0 Å². The van der Waals surface area contributed by atoms with Crippen molar-refractivity contribution in [3.8, 4) is 0 Å². The van der Waals surface area contributed by atoms with Crippen molar-refractivity contribution in [1.29, 1.82) is 0 Å². The zero-order valence-electron chi connectivity index (χ0n) is 9.67. The van der Waals surface area contributed by atoms with E-state index < -0.39 is 0 Å². The molecule has 0 spiro atoms. The van der Waals surface area contributed by atoms with Crippen LogP contribution in [-0.2, 0) is 6.54 Å². The Hall–Kier alpha value is -1.03. The van der Waals surface area contributed by atoms with E-state index in [-0.39, 0.29) is 5.91 Å². The molecule has 1 heterocycles. The van der Waals surface area contributed by atoms with Crippen molar-refractivity contribution >= 4 is 40.4 Å². The predicted octanol–water partition coefficient (Wildman–Crippen LogP) is 4.29. The fourth-order valence-corrected chi connectivity index (χ4v) is 2.94. The van der Waals surface area contributed by atoms with Crippen molar-refractivity contribution in [2.75, 3.05) is 0 Å². The van der Waals surface area contributed by atoms with Gasteiger partial charge in [0.1, 0.15) is 4.34 Å². The Kier molecular flexibility index (Phi) is 4.27. The summed E-state index contributed by atoms with van der Waals surface area (Å²) in [7, 11) is 0. The molecule has 0 unspecified atom stereocenters. The maximum absolute atomic E-state index is 11.9. The maximum Gasteiger partial charge on any atom is 0.253 e. The lowest BCUT2D eigenvalue weighted by atomic mass is 10.1. The van der Waals surface area contributed by atoms with E-state index in [0.717, 1.165) is 5.56 Å². The average Bonchev–Trinajstić information content (AvgIpc) is 2.67. The van der Waals surface area contributed by atoms with Crippen molar-refractivity contribution in [2.24, 2.45) is 0 Å². The second-order valence-electron chi connectivity index (χ2n) is 3.91. The Bertz CT molecular complexity index is 563. The van der Waals surface area contributed by atoms with Gasteiger partial charge < -0.3 is 5.32 Å². The van der Waals surface area contributed by atoms with E-state index in [1.54, 1.807) is 6.07 Å². The lowest BCUT2D eigenvalue weighted by molar-refractivity contribution is 0.0951. The molecule has 0 saturated heterocycles. The summed E-state index contributed by atoms with van der Waals surface area (Å²) in [5.41, 5.74) is 2.67. The number of hydrogen-bond acceptors (Lipinski definition) is 2.